The Hall–Kier alpha value is -4.94. The molecule has 0 spiro atoms. The molecule has 1 unspecified atom stereocenters. The van der Waals surface area contributed by atoms with E-state index in [1.807, 2.05) is 41.3 Å². The number of fused-ring (bicyclic) bond motifs is 5. The molecule has 4 aliphatic rings. The first-order valence-corrected chi connectivity index (χ1v) is 18.1. The van der Waals surface area contributed by atoms with Gasteiger partial charge in [-0.1, -0.05) is 25.6 Å². The molecule has 0 radical (unpaired) electrons. The zero-order valence-electron chi connectivity index (χ0n) is 28.7. The van der Waals surface area contributed by atoms with Crippen molar-refractivity contribution in [3.63, 3.8) is 0 Å². The third kappa shape index (κ3) is 5.78. The molecular formula is C40H45FN6O5. The molecule has 0 saturated carbocycles. The maximum atomic E-state index is 16.4. The van der Waals surface area contributed by atoms with Gasteiger partial charge in [0.15, 0.2) is 17.3 Å². The number of carbonyl (C=O) groups is 2. The predicted molar refractivity (Wildman–Crippen MR) is 201 cm³/mol. The lowest BCUT2D eigenvalue weighted by Crippen LogP contribution is -2.42. The molecule has 2 amide bonds. The topological polar surface area (TPSA) is 112 Å². The van der Waals surface area contributed by atoms with E-state index in [0.717, 1.165) is 48.7 Å². The highest BCUT2D eigenvalue weighted by atomic mass is 19.1. The van der Waals surface area contributed by atoms with Gasteiger partial charge >= 0.3 is 0 Å². The van der Waals surface area contributed by atoms with Crippen LogP contribution in [-0.2, 0) is 4.79 Å². The molecule has 3 aromatic carbocycles. The lowest BCUT2D eigenvalue weighted by Gasteiger charge is -2.29. The number of ether oxygens (including phenoxy) is 1. The Morgan fingerprint density at radius 3 is 2.60 bits per heavy atom. The summed E-state index contributed by atoms with van der Waals surface area (Å²) < 4.78 is 31.0. The third-order valence-electron chi connectivity index (χ3n) is 11.2. The average Bonchev–Trinajstić information content (AvgIpc) is 3.95. The lowest BCUT2D eigenvalue weighted by atomic mass is 10.0. The molecular weight excluding hydrogens is 663 g/mol. The van der Waals surface area contributed by atoms with Crippen molar-refractivity contribution in [2.75, 3.05) is 57.8 Å². The normalized spacial score (nSPS) is 19.7. The number of carbonyl (C=O) groups excluding carboxylic acids is 2. The summed E-state index contributed by atoms with van der Waals surface area (Å²) in [5, 5.41) is 8.22. The number of pyridine rings is 1. The van der Waals surface area contributed by atoms with Gasteiger partial charge in [0.1, 0.15) is 27.9 Å². The largest absolute Gasteiger partial charge is 0.456 e. The van der Waals surface area contributed by atoms with E-state index in [-0.39, 0.29) is 54.2 Å². The predicted octanol–water partition coefficient (Wildman–Crippen LogP) is 5.78. The number of furan rings is 1. The molecule has 2 aromatic heterocycles. The van der Waals surface area contributed by atoms with E-state index in [9.17, 15) is 14.4 Å². The Labute approximate surface area is 301 Å². The quantitative estimate of drug-likeness (QED) is 0.192. The second-order valence-corrected chi connectivity index (χ2v) is 14.4. The molecule has 9 rings (SSSR count). The standard InChI is InChI=1S/C39H41FN6O5.CH4/c1-43-13-6-7-24(43)10-12-41-20-34(47)42-23-11-16-45(21-23)36-29(40)17-27-35-38(36)51-33-18-26-25-8-2-3-9-31(25)50-32(26)19-30(33)46(35)22-28(37(27)48)39(49)44-14-4-5-15-44;/h2-3,8-9,17-19,22-24,41H,4-7,10-16,20-21H2,1H3,(H,42,47);1H4/t23-,24?;/m1./s1. The summed E-state index contributed by atoms with van der Waals surface area (Å²) >= 11 is 0. The second-order valence-electron chi connectivity index (χ2n) is 14.4. The van der Waals surface area contributed by atoms with E-state index >= 15 is 4.39 Å². The van der Waals surface area contributed by atoms with E-state index < -0.39 is 11.2 Å². The molecule has 2 N–H and O–H groups in total. The van der Waals surface area contributed by atoms with Crippen LogP contribution in [0.1, 0.15) is 56.3 Å². The van der Waals surface area contributed by atoms with Crippen LogP contribution in [0.4, 0.5) is 10.1 Å². The summed E-state index contributed by atoms with van der Waals surface area (Å²) in [6, 6.07) is 13.1. The third-order valence-corrected chi connectivity index (χ3v) is 11.2. The zero-order valence-corrected chi connectivity index (χ0v) is 28.7. The number of hydrogen-bond acceptors (Lipinski definition) is 8. The number of anilines is 1. The van der Waals surface area contributed by atoms with Crippen molar-refractivity contribution in [2.45, 2.75) is 58.0 Å². The first-order chi connectivity index (χ1) is 24.8. The van der Waals surface area contributed by atoms with Gasteiger partial charge in [0.2, 0.25) is 11.3 Å². The number of rotatable bonds is 8. The number of hydrogen-bond donors (Lipinski definition) is 2. The van der Waals surface area contributed by atoms with E-state index in [1.54, 1.807) is 15.7 Å². The SMILES string of the molecule is C.CN1CCCC1CCNCC(=O)N[C@@H]1CCN(c2c(F)cc3c(=O)c(C(=O)N4CCCC4)cn4c3c2Oc2cc3c(cc2-4)oc2ccccc23)C1. The average molecular weight is 709 g/mol. The minimum atomic E-state index is -0.615. The van der Waals surface area contributed by atoms with Gasteiger partial charge in [-0.2, -0.15) is 0 Å². The number of aromatic nitrogens is 1. The van der Waals surface area contributed by atoms with Gasteiger partial charge in [-0.15, -0.1) is 0 Å². The maximum absolute atomic E-state index is 16.4. The molecule has 2 atom stereocenters. The molecule has 3 fully saturated rings. The summed E-state index contributed by atoms with van der Waals surface area (Å²) in [5.74, 6) is -0.391. The fourth-order valence-corrected chi connectivity index (χ4v) is 8.54. The minimum absolute atomic E-state index is 0. The highest BCUT2D eigenvalue weighted by Crippen LogP contribution is 2.49. The number of likely N-dealkylation sites (tertiary alicyclic amines) is 2. The molecule has 11 nitrogen and oxygen atoms in total. The smallest absolute Gasteiger partial charge is 0.259 e. The number of halogens is 1. The van der Waals surface area contributed by atoms with Crippen LogP contribution >= 0.6 is 0 Å². The van der Waals surface area contributed by atoms with Crippen LogP contribution in [-0.4, -0.2) is 91.1 Å². The van der Waals surface area contributed by atoms with Crippen LogP contribution in [0.25, 0.3) is 38.5 Å². The van der Waals surface area contributed by atoms with Crippen molar-refractivity contribution >= 4 is 50.3 Å². The fraction of sp³-hybridized carbons (Fsp3) is 0.425. The summed E-state index contributed by atoms with van der Waals surface area (Å²) in [7, 11) is 2.15. The van der Waals surface area contributed by atoms with Gasteiger partial charge in [-0.05, 0) is 76.9 Å². The summed E-state index contributed by atoms with van der Waals surface area (Å²) in [6.45, 7) is 4.15. The first kappa shape index (κ1) is 34.2. The van der Waals surface area contributed by atoms with Crippen LogP contribution in [0.3, 0.4) is 0 Å². The number of nitrogens with one attached hydrogen (secondary N) is 2. The molecule has 272 valence electrons. The van der Waals surface area contributed by atoms with Crippen molar-refractivity contribution in [1.82, 2.24) is 25.0 Å². The van der Waals surface area contributed by atoms with E-state index in [4.69, 9.17) is 9.15 Å². The molecule has 0 bridgehead atoms. The Morgan fingerprint density at radius 1 is 0.962 bits per heavy atom. The van der Waals surface area contributed by atoms with Gasteiger partial charge < -0.3 is 39.1 Å². The van der Waals surface area contributed by atoms with Crippen molar-refractivity contribution in [2.24, 2.45) is 0 Å². The number of para-hydroxylation sites is 1. The number of amides is 2. The van der Waals surface area contributed by atoms with Crippen LogP contribution in [0.2, 0.25) is 0 Å². The zero-order chi connectivity index (χ0) is 34.8. The summed E-state index contributed by atoms with van der Waals surface area (Å²) in [6.07, 6.45) is 7.39. The van der Waals surface area contributed by atoms with Crippen LogP contribution < -0.4 is 25.7 Å². The van der Waals surface area contributed by atoms with Gasteiger partial charge in [0.25, 0.3) is 5.91 Å². The van der Waals surface area contributed by atoms with Crippen molar-refractivity contribution in [1.29, 1.82) is 0 Å². The number of nitrogens with zero attached hydrogens (tertiary/aromatic N) is 4. The molecule has 4 aliphatic heterocycles. The van der Waals surface area contributed by atoms with Crippen LogP contribution in [0, 0.1) is 5.82 Å². The monoisotopic (exact) mass is 708 g/mol. The van der Waals surface area contributed by atoms with Crippen molar-refractivity contribution < 1.29 is 23.1 Å². The Balaban J connectivity index is 0.00000387. The molecule has 5 aromatic rings. The highest BCUT2D eigenvalue weighted by molar-refractivity contribution is 6.07. The van der Waals surface area contributed by atoms with Crippen LogP contribution in [0.5, 0.6) is 11.5 Å². The van der Waals surface area contributed by atoms with Gasteiger partial charge in [0.05, 0.1) is 17.6 Å². The van der Waals surface area contributed by atoms with E-state index in [2.05, 4.69) is 22.6 Å². The minimum Gasteiger partial charge on any atom is -0.456 e. The summed E-state index contributed by atoms with van der Waals surface area (Å²) in [4.78, 5) is 46.5. The Morgan fingerprint density at radius 2 is 1.79 bits per heavy atom. The van der Waals surface area contributed by atoms with Gasteiger partial charge in [-0.3, -0.25) is 14.4 Å². The fourth-order valence-electron chi connectivity index (χ4n) is 8.54. The molecule has 12 heteroatoms. The van der Waals surface area contributed by atoms with Gasteiger partial charge in [0, 0.05) is 61.3 Å². The summed E-state index contributed by atoms with van der Waals surface area (Å²) in [5.41, 5.74) is 2.02. The Bertz CT molecular complexity index is 2280. The molecule has 3 saturated heterocycles. The van der Waals surface area contributed by atoms with Crippen LogP contribution in [0.15, 0.2) is 57.9 Å². The van der Waals surface area contributed by atoms with Crippen molar-refractivity contribution in [3.05, 3.63) is 70.3 Å². The van der Waals surface area contributed by atoms with E-state index in [0.29, 0.717) is 61.2 Å². The second kappa shape index (κ2) is 13.6. The number of benzene rings is 3. The van der Waals surface area contributed by atoms with E-state index in [1.165, 1.54) is 18.9 Å². The molecule has 0 aliphatic carbocycles. The molecule has 6 heterocycles. The van der Waals surface area contributed by atoms with Gasteiger partial charge in [-0.25, -0.2) is 4.39 Å². The lowest BCUT2D eigenvalue weighted by molar-refractivity contribution is -0.120. The Kier molecular flexibility index (Phi) is 8.91. The first-order valence-electron chi connectivity index (χ1n) is 18.1. The molecule has 52 heavy (non-hydrogen) atoms. The van der Waals surface area contributed by atoms with Crippen molar-refractivity contribution in [3.8, 4) is 17.2 Å². The maximum Gasteiger partial charge on any atom is 0.259 e. The highest BCUT2D eigenvalue weighted by Gasteiger charge is 2.35.